The molecule has 28 heavy (non-hydrogen) atoms. The van der Waals surface area contributed by atoms with Crippen LogP contribution in [0.4, 0.5) is 5.69 Å². The van der Waals surface area contributed by atoms with E-state index in [9.17, 15) is 0 Å². The first-order valence-electron chi connectivity index (χ1n) is 10.2. The average Bonchev–Trinajstić information content (AvgIpc) is 2.69. The van der Waals surface area contributed by atoms with Gasteiger partial charge >= 0.3 is 0 Å². The van der Waals surface area contributed by atoms with E-state index in [0.29, 0.717) is 18.1 Å². The number of nitrogens with one attached hydrogen (secondary N) is 2. The van der Waals surface area contributed by atoms with Gasteiger partial charge in [0, 0.05) is 35.9 Å². The number of anilines is 1. The van der Waals surface area contributed by atoms with Crippen LogP contribution in [0.1, 0.15) is 37.7 Å². The van der Waals surface area contributed by atoms with Crippen LogP contribution in [-0.2, 0) is 6.54 Å². The second kappa shape index (κ2) is 8.93. The molecule has 0 aliphatic carbocycles. The van der Waals surface area contributed by atoms with Crippen LogP contribution in [0, 0.1) is 0 Å². The van der Waals surface area contributed by atoms with Crippen molar-refractivity contribution in [2.75, 3.05) is 12.4 Å². The lowest BCUT2D eigenvalue weighted by Crippen LogP contribution is -2.56. The van der Waals surface area contributed by atoms with Crippen molar-refractivity contribution in [1.82, 2.24) is 10.2 Å². The largest absolute Gasteiger partial charge is 0.496 e. The third-order valence-corrected chi connectivity index (χ3v) is 6.26. The van der Waals surface area contributed by atoms with E-state index in [0.717, 1.165) is 35.9 Å². The molecule has 3 atom stereocenters. The molecule has 4 rings (SSSR count). The number of fused-ring (bicyclic) bond motifs is 2. The highest BCUT2D eigenvalue weighted by Crippen LogP contribution is 2.36. The van der Waals surface area contributed by atoms with Gasteiger partial charge in [-0.1, -0.05) is 42.8 Å². The lowest BCUT2D eigenvalue weighted by molar-refractivity contribution is 0.0206. The molecule has 2 aromatic carbocycles. The van der Waals surface area contributed by atoms with Crippen LogP contribution in [0.3, 0.4) is 0 Å². The monoisotopic (exact) mass is 395 g/mol. The molecule has 2 saturated heterocycles. The third kappa shape index (κ3) is 4.47. The molecule has 2 fully saturated rings. The minimum absolute atomic E-state index is 0.438. The Morgan fingerprint density at radius 1 is 1.04 bits per heavy atom. The van der Waals surface area contributed by atoms with Crippen molar-refractivity contribution in [2.24, 2.45) is 0 Å². The topological polar surface area (TPSA) is 36.5 Å². The predicted molar refractivity (Wildman–Crippen MR) is 119 cm³/mol. The van der Waals surface area contributed by atoms with Gasteiger partial charge in [-0.3, -0.25) is 4.90 Å². The summed E-state index contributed by atoms with van der Waals surface area (Å²) in [4.78, 5) is 2.70. The number of ether oxygens (including phenoxy) is 1. The van der Waals surface area contributed by atoms with E-state index in [1.165, 1.54) is 24.8 Å². The molecule has 0 aromatic heterocycles. The molecule has 0 amide bonds. The van der Waals surface area contributed by atoms with Crippen molar-refractivity contribution < 1.29 is 4.74 Å². The molecule has 2 heterocycles. The van der Waals surface area contributed by atoms with E-state index in [1.807, 2.05) is 36.4 Å². The van der Waals surface area contributed by atoms with Crippen LogP contribution in [0.15, 0.2) is 54.6 Å². The summed E-state index contributed by atoms with van der Waals surface area (Å²) in [7, 11) is 1.76. The Morgan fingerprint density at radius 2 is 1.71 bits per heavy atom. The van der Waals surface area contributed by atoms with Gasteiger partial charge in [-0.15, -0.1) is 0 Å². The fourth-order valence-electron chi connectivity index (χ4n) is 4.76. The zero-order chi connectivity index (χ0) is 19.3. The molecule has 1 unspecified atom stereocenters. The molecule has 2 bridgehead atoms. The Morgan fingerprint density at radius 3 is 2.43 bits per heavy atom. The van der Waals surface area contributed by atoms with Crippen molar-refractivity contribution in [3.8, 4) is 5.75 Å². The first kappa shape index (κ1) is 19.2. The Kier molecular flexibility index (Phi) is 6.13. The van der Waals surface area contributed by atoms with E-state index >= 15 is 0 Å². The van der Waals surface area contributed by atoms with Crippen LogP contribution in [0.5, 0.6) is 5.75 Å². The van der Waals surface area contributed by atoms with Gasteiger partial charge in [0.15, 0.2) is 5.11 Å². The Hall–Kier alpha value is -2.11. The minimum Gasteiger partial charge on any atom is -0.496 e. The number of rotatable bonds is 5. The first-order valence-corrected chi connectivity index (χ1v) is 10.6. The molecule has 2 aliphatic rings. The molecular weight excluding hydrogens is 366 g/mol. The van der Waals surface area contributed by atoms with Crippen molar-refractivity contribution >= 4 is 23.0 Å². The summed E-state index contributed by atoms with van der Waals surface area (Å²) in [6.07, 6.45) is 6.15. The predicted octanol–water partition coefficient (Wildman–Crippen LogP) is 4.57. The van der Waals surface area contributed by atoms with Gasteiger partial charge in [-0.05, 0) is 56.1 Å². The quantitative estimate of drug-likeness (QED) is 0.726. The van der Waals surface area contributed by atoms with E-state index < -0.39 is 0 Å². The number of hydrogen-bond acceptors (Lipinski definition) is 3. The second-order valence-corrected chi connectivity index (χ2v) is 8.26. The zero-order valence-corrected chi connectivity index (χ0v) is 17.3. The van der Waals surface area contributed by atoms with E-state index in [-0.39, 0.29) is 0 Å². The van der Waals surface area contributed by atoms with Gasteiger partial charge in [0.1, 0.15) is 5.75 Å². The molecule has 4 nitrogen and oxygen atoms in total. The van der Waals surface area contributed by atoms with Crippen LogP contribution in [0.2, 0.25) is 0 Å². The molecule has 148 valence electrons. The fraction of sp³-hybridized carbons (Fsp3) is 0.435. The maximum atomic E-state index is 5.57. The lowest BCUT2D eigenvalue weighted by atomic mass is 9.81. The van der Waals surface area contributed by atoms with Gasteiger partial charge in [-0.2, -0.15) is 0 Å². The maximum Gasteiger partial charge on any atom is 0.170 e. The summed E-state index contributed by atoms with van der Waals surface area (Å²) in [5.74, 6) is 0.995. The number of thiocarbonyl (C=S) groups is 1. The number of hydrogen-bond donors (Lipinski definition) is 2. The SMILES string of the molecule is COc1ccccc1CN1[C@@H]2CCC[C@H]1CC(NC(=S)Nc1ccccc1)C2. The van der Waals surface area contributed by atoms with Gasteiger partial charge in [0.2, 0.25) is 0 Å². The highest BCUT2D eigenvalue weighted by atomic mass is 32.1. The molecule has 0 spiro atoms. The van der Waals surface area contributed by atoms with Crippen LogP contribution in [-0.4, -0.2) is 35.2 Å². The number of benzene rings is 2. The van der Waals surface area contributed by atoms with Crippen molar-refractivity contribution in [3.05, 3.63) is 60.2 Å². The normalized spacial score (nSPS) is 24.4. The molecule has 2 aromatic rings. The molecular formula is C23H29N3OS. The zero-order valence-electron chi connectivity index (χ0n) is 16.4. The third-order valence-electron chi connectivity index (χ3n) is 6.04. The Bertz CT molecular complexity index is 783. The van der Waals surface area contributed by atoms with Crippen molar-refractivity contribution in [2.45, 2.75) is 56.8 Å². The minimum atomic E-state index is 0.438. The number of nitrogens with zero attached hydrogens (tertiary/aromatic N) is 1. The molecule has 5 heteroatoms. The molecule has 2 aliphatic heterocycles. The molecule has 0 radical (unpaired) electrons. The summed E-state index contributed by atoms with van der Waals surface area (Å²) in [6.45, 7) is 0.971. The molecule has 0 saturated carbocycles. The first-order chi connectivity index (χ1) is 13.7. The number of piperidine rings is 2. The van der Waals surface area contributed by atoms with E-state index in [2.05, 4.69) is 33.7 Å². The van der Waals surface area contributed by atoms with Gasteiger partial charge in [0.25, 0.3) is 0 Å². The maximum absolute atomic E-state index is 5.57. The average molecular weight is 396 g/mol. The number of methoxy groups -OCH3 is 1. The summed E-state index contributed by atoms with van der Waals surface area (Å²) >= 11 is 5.56. The fourth-order valence-corrected chi connectivity index (χ4v) is 5.04. The summed E-state index contributed by atoms with van der Waals surface area (Å²) in [5.41, 5.74) is 2.32. The standard InChI is InChI=1S/C23H29N3OS/c1-27-22-13-6-5-8-17(22)16-26-20-11-7-12-21(26)15-19(14-20)25-23(28)24-18-9-3-2-4-10-18/h2-6,8-10,13,19-21H,7,11-12,14-16H2,1H3,(H2,24,25,28)/t19?,20-,21+. The Labute approximate surface area is 173 Å². The van der Waals surface area contributed by atoms with Gasteiger partial charge < -0.3 is 15.4 Å². The lowest BCUT2D eigenvalue weighted by Gasteiger charge is -2.49. The van der Waals surface area contributed by atoms with Crippen molar-refractivity contribution in [3.63, 3.8) is 0 Å². The summed E-state index contributed by atoms with van der Waals surface area (Å²) < 4.78 is 5.57. The van der Waals surface area contributed by atoms with Crippen molar-refractivity contribution in [1.29, 1.82) is 0 Å². The van der Waals surface area contributed by atoms with Gasteiger partial charge in [0.05, 0.1) is 7.11 Å². The van der Waals surface area contributed by atoms with Crippen LogP contribution in [0.25, 0.3) is 0 Å². The smallest absolute Gasteiger partial charge is 0.170 e. The number of para-hydroxylation sites is 2. The van der Waals surface area contributed by atoms with Crippen LogP contribution >= 0.6 is 12.2 Å². The summed E-state index contributed by atoms with van der Waals surface area (Å²) in [5, 5.41) is 7.61. The van der Waals surface area contributed by atoms with Crippen LogP contribution < -0.4 is 15.4 Å². The second-order valence-electron chi connectivity index (χ2n) is 7.86. The highest BCUT2D eigenvalue weighted by Gasteiger charge is 2.38. The molecule has 2 N–H and O–H groups in total. The van der Waals surface area contributed by atoms with E-state index in [4.69, 9.17) is 17.0 Å². The van der Waals surface area contributed by atoms with Gasteiger partial charge in [-0.25, -0.2) is 0 Å². The summed E-state index contributed by atoms with van der Waals surface area (Å²) in [6, 6.07) is 20.2. The van der Waals surface area contributed by atoms with E-state index in [1.54, 1.807) is 7.11 Å². The highest BCUT2D eigenvalue weighted by molar-refractivity contribution is 7.80. The Balaban J connectivity index is 1.38.